The van der Waals surface area contributed by atoms with Crippen molar-refractivity contribution in [1.82, 2.24) is 20.2 Å². The van der Waals surface area contributed by atoms with Gasteiger partial charge in [-0.3, -0.25) is 5.32 Å². The third-order valence-corrected chi connectivity index (χ3v) is 5.25. The molecule has 1 aliphatic carbocycles. The van der Waals surface area contributed by atoms with Crippen LogP contribution in [0, 0.1) is 0 Å². The van der Waals surface area contributed by atoms with Gasteiger partial charge in [0.1, 0.15) is 6.61 Å². The summed E-state index contributed by atoms with van der Waals surface area (Å²) < 4.78 is 7.01. The number of rotatable bonds is 6. The zero-order valence-electron chi connectivity index (χ0n) is 15.0. The molecule has 0 saturated heterocycles. The third-order valence-electron chi connectivity index (χ3n) is 5.00. The smallest absolute Gasteiger partial charge is 0.411 e. The van der Waals surface area contributed by atoms with Gasteiger partial charge in [0.15, 0.2) is 5.54 Å². The summed E-state index contributed by atoms with van der Waals surface area (Å²) in [6.45, 7) is 0.613. The van der Waals surface area contributed by atoms with Gasteiger partial charge >= 0.3 is 6.09 Å². The second-order valence-corrected chi connectivity index (χ2v) is 7.22. The largest absolute Gasteiger partial charge is 0.447 e. The zero-order valence-corrected chi connectivity index (χ0v) is 15.8. The summed E-state index contributed by atoms with van der Waals surface area (Å²) in [4.78, 5) is 13.2. The average molecular weight is 380 g/mol. The molecule has 1 fully saturated rings. The first kappa shape index (κ1) is 18.6. The van der Waals surface area contributed by atoms with Crippen LogP contribution in [-0.2, 0) is 16.8 Å². The number of carbonyl (C=O) groups is 1. The van der Waals surface area contributed by atoms with E-state index in [0.29, 0.717) is 17.3 Å². The fourth-order valence-corrected chi connectivity index (χ4v) is 3.66. The summed E-state index contributed by atoms with van der Waals surface area (Å²) in [5, 5.41) is 15.5. The molecule has 26 heavy (non-hydrogen) atoms. The molecule has 1 saturated carbocycles. The number of ether oxygens (including phenoxy) is 1. The van der Waals surface area contributed by atoms with Gasteiger partial charge < -0.3 is 9.64 Å². The Morgan fingerprint density at radius 2 is 2.00 bits per heavy atom. The van der Waals surface area contributed by atoms with Gasteiger partial charge in [-0.05, 0) is 47.5 Å². The third kappa shape index (κ3) is 3.96. The lowest BCUT2D eigenvalue weighted by molar-refractivity contribution is -0.924. The molecule has 1 amide bonds. The normalized spacial score (nSPS) is 16.0. The first-order valence-electron chi connectivity index (χ1n) is 8.78. The zero-order chi connectivity index (χ0) is 18.6. The molecule has 9 heteroatoms. The van der Waals surface area contributed by atoms with Crippen LogP contribution in [0.5, 0.6) is 0 Å². The van der Waals surface area contributed by atoms with Crippen molar-refractivity contribution in [3.63, 3.8) is 0 Å². The van der Waals surface area contributed by atoms with Gasteiger partial charge in [0, 0.05) is 23.6 Å². The minimum atomic E-state index is -0.518. The SMILES string of the molecule is C[NH+](C)C1(c2nnnn2CCOC(=O)Nc2ccc(Cl)cc2)CCCC1. The molecule has 1 aromatic carbocycles. The Hall–Kier alpha value is -2.19. The number of benzene rings is 1. The maximum atomic E-state index is 11.9. The molecule has 1 aliphatic rings. The van der Waals surface area contributed by atoms with Crippen molar-refractivity contribution < 1.29 is 14.4 Å². The van der Waals surface area contributed by atoms with Crippen molar-refractivity contribution in [3.05, 3.63) is 35.1 Å². The summed E-state index contributed by atoms with van der Waals surface area (Å²) in [6, 6.07) is 6.84. The van der Waals surface area contributed by atoms with Crippen molar-refractivity contribution in [2.24, 2.45) is 0 Å². The molecule has 1 heterocycles. The van der Waals surface area contributed by atoms with E-state index in [9.17, 15) is 4.79 Å². The lowest BCUT2D eigenvalue weighted by atomic mass is 9.95. The van der Waals surface area contributed by atoms with Gasteiger partial charge in [0.25, 0.3) is 0 Å². The number of quaternary nitrogens is 1. The van der Waals surface area contributed by atoms with Crippen LogP contribution in [0.15, 0.2) is 24.3 Å². The van der Waals surface area contributed by atoms with Crippen LogP contribution in [0.3, 0.4) is 0 Å². The van der Waals surface area contributed by atoms with Gasteiger partial charge in [0.05, 0.1) is 20.6 Å². The van der Waals surface area contributed by atoms with Crippen LogP contribution in [0.25, 0.3) is 0 Å². The Morgan fingerprint density at radius 1 is 1.31 bits per heavy atom. The molecular formula is C17H24ClN6O2+. The van der Waals surface area contributed by atoms with Crippen molar-refractivity contribution >= 4 is 23.4 Å². The highest BCUT2D eigenvalue weighted by Crippen LogP contribution is 2.34. The lowest BCUT2D eigenvalue weighted by Crippen LogP contribution is -3.13. The Bertz CT molecular complexity index is 740. The first-order chi connectivity index (χ1) is 12.5. The number of amides is 1. The fourth-order valence-electron chi connectivity index (χ4n) is 3.54. The molecule has 2 N–H and O–H groups in total. The van der Waals surface area contributed by atoms with E-state index in [1.807, 2.05) is 0 Å². The number of tetrazole rings is 1. The Labute approximate surface area is 157 Å². The van der Waals surface area contributed by atoms with Crippen LogP contribution in [0.2, 0.25) is 5.02 Å². The van der Waals surface area contributed by atoms with Crippen molar-refractivity contribution in [2.45, 2.75) is 37.8 Å². The van der Waals surface area contributed by atoms with Gasteiger partial charge in [-0.15, -0.1) is 5.10 Å². The van der Waals surface area contributed by atoms with Crippen molar-refractivity contribution in [3.8, 4) is 0 Å². The van der Waals surface area contributed by atoms with E-state index in [0.717, 1.165) is 18.7 Å². The molecule has 2 aromatic rings. The molecule has 0 bridgehead atoms. The quantitative estimate of drug-likeness (QED) is 0.794. The molecule has 0 radical (unpaired) electrons. The molecule has 3 rings (SSSR count). The molecule has 1 aromatic heterocycles. The van der Waals surface area contributed by atoms with E-state index in [1.165, 1.54) is 17.7 Å². The molecule has 0 unspecified atom stereocenters. The average Bonchev–Trinajstić information content (AvgIpc) is 3.26. The second-order valence-electron chi connectivity index (χ2n) is 6.78. The standard InChI is InChI=1S/C17H23ClN6O2/c1-23(2)17(9-3-4-10-17)15-20-21-22-24(15)11-12-26-16(25)19-14-7-5-13(18)6-8-14/h5-8H,3-4,9-12H2,1-2H3,(H,19,25)/p+1. The van der Waals surface area contributed by atoms with Crippen LogP contribution in [0.4, 0.5) is 10.5 Å². The highest BCUT2D eigenvalue weighted by molar-refractivity contribution is 6.30. The van der Waals surface area contributed by atoms with Crippen LogP contribution < -0.4 is 10.2 Å². The molecule has 140 valence electrons. The predicted molar refractivity (Wildman–Crippen MR) is 97.2 cm³/mol. The maximum absolute atomic E-state index is 11.9. The predicted octanol–water partition coefficient (Wildman–Crippen LogP) is 1.49. The van der Waals surface area contributed by atoms with E-state index in [-0.39, 0.29) is 12.1 Å². The van der Waals surface area contributed by atoms with Crippen molar-refractivity contribution in [1.29, 1.82) is 0 Å². The number of carbonyl (C=O) groups excluding carboxylic acids is 1. The van der Waals surface area contributed by atoms with Gasteiger partial charge in [-0.1, -0.05) is 11.6 Å². The van der Waals surface area contributed by atoms with Crippen LogP contribution in [0.1, 0.15) is 31.5 Å². The minimum Gasteiger partial charge on any atom is -0.447 e. The number of nitrogens with one attached hydrogen (secondary N) is 2. The summed E-state index contributed by atoms with van der Waals surface area (Å²) >= 11 is 5.82. The number of hydrogen-bond donors (Lipinski definition) is 2. The Morgan fingerprint density at radius 3 is 2.65 bits per heavy atom. The fraction of sp³-hybridized carbons (Fsp3) is 0.529. The molecule has 0 atom stereocenters. The van der Waals surface area contributed by atoms with E-state index >= 15 is 0 Å². The highest BCUT2D eigenvalue weighted by Gasteiger charge is 2.46. The van der Waals surface area contributed by atoms with E-state index in [2.05, 4.69) is 34.9 Å². The minimum absolute atomic E-state index is 0.0605. The topological polar surface area (TPSA) is 86.4 Å². The summed E-state index contributed by atoms with van der Waals surface area (Å²) in [5.74, 6) is 0.872. The number of anilines is 1. The van der Waals surface area contributed by atoms with Crippen molar-refractivity contribution in [2.75, 3.05) is 26.0 Å². The molecular weight excluding hydrogens is 356 g/mol. The first-order valence-corrected chi connectivity index (χ1v) is 9.16. The highest BCUT2D eigenvalue weighted by atomic mass is 35.5. The Kier molecular flexibility index (Phi) is 5.73. The van der Waals surface area contributed by atoms with Crippen LogP contribution >= 0.6 is 11.6 Å². The molecule has 8 nitrogen and oxygen atoms in total. The molecule has 0 aliphatic heterocycles. The van der Waals surface area contributed by atoms with E-state index in [4.69, 9.17) is 16.3 Å². The maximum Gasteiger partial charge on any atom is 0.411 e. The van der Waals surface area contributed by atoms with E-state index < -0.39 is 6.09 Å². The summed E-state index contributed by atoms with van der Waals surface area (Å²) in [7, 11) is 4.28. The van der Waals surface area contributed by atoms with Crippen LogP contribution in [-0.4, -0.2) is 47.0 Å². The number of halogens is 1. The summed E-state index contributed by atoms with van der Waals surface area (Å²) in [5.41, 5.74) is 0.568. The Balaban J connectivity index is 1.57. The van der Waals surface area contributed by atoms with Gasteiger partial charge in [-0.2, -0.15) is 0 Å². The number of aromatic nitrogens is 4. The second kappa shape index (κ2) is 8.01. The summed E-state index contributed by atoms with van der Waals surface area (Å²) in [6.07, 6.45) is 3.97. The molecule has 0 spiro atoms. The monoisotopic (exact) mass is 379 g/mol. The lowest BCUT2D eigenvalue weighted by Gasteiger charge is -2.31. The van der Waals surface area contributed by atoms with E-state index in [1.54, 1.807) is 28.9 Å². The number of hydrogen-bond acceptors (Lipinski definition) is 5. The van der Waals surface area contributed by atoms with Gasteiger partial charge in [-0.25, -0.2) is 9.48 Å². The van der Waals surface area contributed by atoms with Gasteiger partial charge in [0.2, 0.25) is 5.82 Å². The number of nitrogens with zero attached hydrogens (tertiary/aromatic N) is 4.